The molecule has 1 aliphatic carbocycles. The second-order valence-electron chi connectivity index (χ2n) is 15.5. The second kappa shape index (κ2) is 17.0. The number of hydrogen-bond acceptors (Lipinski definition) is 6. The van der Waals surface area contributed by atoms with Crippen LogP contribution in [-0.4, -0.2) is 76.8 Å². The topological polar surface area (TPSA) is 115 Å². The number of unbranched alkanes of at least 4 members (excludes halogenated alkanes) is 7. The van der Waals surface area contributed by atoms with Crippen molar-refractivity contribution in [2.24, 2.45) is 11.8 Å². The minimum absolute atomic E-state index is 0.00899. The minimum Gasteiger partial charge on any atom is -0.506 e. The first kappa shape index (κ1) is 36.1. The maximum atomic E-state index is 12.0. The molecule has 8 nitrogen and oxygen atoms in total. The third-order valence-electron chi connectivity index (χ3n) is 12.2. The molecular formula is C41H60N3O5+. The highest BCUT2D eigenvalue weighted by atomic mass is 16.5. The highest BCUT2D eigenvalue weighted by Gasteiger charge is 2.48. The van der Waals surface area contributed by atoms with Crippen LogP contribution in [0, 0.1) is 11.8 Å². The molecule has 5 N–H and O–H groups in total. The van der Waals surface area contributed by atoms with Gasteiger partial charge in [0, 0.05) is 36.8 Å². The van der Waals surface area contributed by atoms with E-state index in [4.69, 9.17) is 4.74 Å². The average Bonchev–Trinajstić information content (AvgIpc) is 3.68. The SMILES string of the molecule is O=c1ccc2c([C@@H](O)CNCCCCCCCCCC[N+]34CCC(CC3)[C@@H](OC[C@@](O)(c3ccccc3)C3CCCC3)C4)ccc(O)c2[nH]1. The molecule has 2 bridgehead atoms. The Morgan fingerprint density at radius 2 is 1.57 bits per heavy atom. The van der Waals surface area contributed by atoms with Crippen molar-refractivity contribution in [3.05, 3.63) is 76.1 Å². The van der Waals surface area contributed by atoms with Gasteiger partial charge in [0.15, 0.2) is 0 Å². The third kappa shape index (κ3) is 8.95. The monoisotopic (exact) mass is 674 g/mol. The number of fused-ring (bicyclic) bond motifs is 4. The highest BCUT2D eigenvalue weighted by molar-refractivity contribution is 5.87. The number of hydrogen-bond donors (Lipinski definition) is 5. The number of pyridine rings is 1. The van der Waals surface area contributed by atoms with Crippen molar-refractivity contribution in [1.82, 2.24) is 10.3 Å². The van der Waals surface area contributed by atoms with E-state index >= 15 is 0 Å². The summed E-state index contributed by atoms with van der Waals surface area (Å²) < 4.78 is 7.95. The van der Waals surface area contributed by atoms with Crippen LogP contribution in [0.25, 0.3) is 10.9 Å². The van der Waals surface area contributed by atoms with E-state index in [0.717, 1.165) is 37.9 Å². The number of aromatic hydroxyl groups is 1. The van der Waals surface area contributed by atoms with Crippen molar-refractivity contribution in [2.45, 2.75) is 108 Å². The Morgan fingerprint density at radius 1 is 0.878 bits per heavy atom. The van der Waals surface area contributed by atoms with Gasteiger partial charge in [-0.15, -0.1) is 0 Å². The molecule has 8 heteroatoms. The van der Waals surface area contributed by atoms with Crippen LogP contribution in [-0.2, 0) is 10.3 Å². The molecule has 0 unspecified atom stereocenters. The standard InChI is InChI=1S/C41H59N3O5/c45-36-20-18-34(35-19-21-39(47)43-40(35)36)37(46)28-42-24-12-5-3-1-2-4-6-13-25-44-26-22-31(23-27-44)38(29-44)49-30-41(48,33-16-10-11-17-33)32-14-8-7-9-15-32/h7-9,14-15,18-21,31,33,37-38,42,46,48H,1-6,10-13,16-17,22-30H2,(H-,43,45,47)/p+1/t31?,37-,38-,41+,44?/m0/s1. The quantitative estimate of drug-likeness (QED) is 0.0716. The molecule has 4 fully saturated rings. The first-order valence-electron chi connectivity index (χ1n) is 19.4. The van der Waals surface area contributed by atoms with Crippen LogP contribution in [0.1, 0.15) is 107 Å². The molecule has 3 atom stereocenters. The molecule has 1 aromatic heterocycles. The minimum atomic E-state index is -0.873. The van der Waals surface area contributed by atoms with E-state index in [-0.39, 0.29) is 17.4 Å². The lowest BCUT2D eigenvalue weighted by atomic mass is 9.80. The van der Waals surface area contributed by atoms with Crippen LogP contribution in [0.2, 0.25) is 0 Å². The van der Waals surface area contributed by atoms with Gasteiger partial charge in [0.05, 0.1) is 37.9 Å². The van der Waals surface area contributed by atoms with Gasteiger partial charge in [0.25, 0.3) is 0 Å². The Kier molecular flexibility index (Phi) is 12.5. The zero-order chi connectivity index (χ0) is 34.1. The molecule has 49 heavy (non-hydrogen) atoms. The fourth-order valence-corrected chi connectivity index (χ4v) is 9.18. The lowest BCUT2D eigenvalue weighted by Gasteiger charge is -2.53. The largest absolute Gasteiger partial charge is 0.506 e. The summed E-state index contributed by atoms with van der Waals surface area (Å²) >= 11 is 0. The number of phenols is 1. The van der Waals surface area contributed by atoms with Crippen LogP contribution >= 0.6 is 0 Å². The molecule has 7 rings (SSSR count). The van der Waals surface area contributed by atoms with Crippen molar-refractivity contribution in [3.8, 4) is 5.75 Å². The van der Waals surface area contributed by atoms with Gasteiger partial charge in [-0.25, -0.2) is 0 Å². The average molecular weight is 675 g/mol. The van der Waals surface area contributed by atoms with E-state index in [0.29, 0.717) is 41.5 Å². The van der Waals surface area contributed by atoms with Crippen molar-refractivity contribution in [3.63, 3.8) is 0 Å². The number of aromatic nitrogens is 1. The van der Waals surface area contributed by atoms with Gasteiger partial charge in [-0.2, -0.15) is 0 Å². The smallest absolute Gasteiger partial charge is 0.248 e. The molecule has 268 valence electrons. The van der Waals surface area contributed by atoms with Crippen molar-refractivity contribution < 1.29 is 24.5 Å². The summed E-state index contributed by atoms with van der Waals surface area (Å²) in [5.41, 5.74) is 0.946. The summed E-state index contributed by atoms with van der Waals surface area (Å²) in [6.45, 7) is 6.72. The zero-order valence-corrected chi connectivity index (χ0v) is 29.5. The predicted octanol–water partition coefficient (Wildman–Crippen LogP) is 6.68. The number of H-pyrrole nitrogens is 1. The van der Waals surface area contributed by atoms with E-state index in [2.05, 4.69) is 22.4 Å². The van der Waals surface area contributed by atoms with E-state index in [1.807, 2.05) is 18.2 Å². The van der Waals surface area contributed by atoms with Crippen molar-refractivity contribution in [1.29, 1.82) is 0 Å². The Balaban J connectivity index is 0.834. The van der Waals surface area contributed by atoms with Crippen LogP contribution in [0.5, 0.6) is 5.75 Å². The Labute approximate surface area is 292 Å². The summed E-state index contributed by atoms with van der Waals surface area (Å²) in [5.74, 6) is 0.954. The number of nitrogens with zero attached hydrogens (tertiary/aromatic N) is 1. The molecule has 1 saturated carbocycles. The molecule has 0 amide bonds. The maximum absolute atomic E-state index is 12.0. The first-order chi connectivity index (χ1) is 23.9. The Hall–Kier alpha value is -2.75. The van der Waals surface area contributed by atoms with Crippen LogP contribution in [0.4, 0.5) is 0 Å². The number of quaternary nitrogens is 1. The summed E-state index contributed by atoms with van der Waals surface area (Å²) in [7, 11) is 0. The molecule has 4 aliphatic rings. The molecule has 2 aromatic carbocycles. The molecule has 0 radical (unpaired) electrons. The number of phenolic OH excluding ortho intramolecular Hbond substituents is 1. The third-order valence-corrected chi connectivity index (χ3v) is 12.2. The fraction of sp³-hybridized carbons (Fsp3) is 0.634. The number of aliphatic hydroxyl groups excluding tert-OH is 1. The van der Waals surface area contributed by atoms with Gasteiger partial charge >= 0.3 is 0 Å². The van der Waals surface area contributed by atoms with E-state index in [1.165, 1.54) is 107 Å². The number of nitrogens with one attached hydrogen (secondary N) is 2. The van der Waals surface area contributed by atoms with Crippen molar-refractivity contribution >= 4 is 10.9 Å². The number of benzene rings is 2. The maximum Gasteiger partial charge on any atom is 0.248 e. The summed E-state index contributed by atoms with van der Waals surface area (Å²) in [5, 5.41) is 36.8. The number of rotatable bonds is 19. The Morgan fingerprint density at radius 3 is 2.31 bits per heavy atom. The molecule has 4 heterocycles. The number of piperidine rings is 3. The van der Waals surface area contributed by atoms with Gasteiger partial charge in [0.2, 0.25) is 5.56 Å². The van der Waals surface area contributed by atoms with E-state index in [9.17, 15) is 20.1 Å². The number of aliphatic hydroxyl groups is 2. The predicted molar refractivity (Wildman–Crippen MR) is 195 cm³/mol. The van der Waals surface area contributed by atoms with Crippen LogP contribution in [0.15, 0.2) is 59.4 Å². The summed E-state index contributed by atoms with van der Waals surface area (Å²) in [6.07, 6.45) is 16.7. The fourth-order valence-electron chi connectivity index (χ4n) is 9.18. The summed E-state index contributed by atoms with van der Waals surface area (Å²) in [4.78, 5) is 14.3. The molecule has 3 aliphatic heterocycles. The summed E-state index contributed by atoms with van der Waals surface area (Å²) in [6, 6.07) is 16.6. The van der Waals surface area contributed by atoms with Gasteiger partial charge < -0.3 is 34.8 Å². The number of aromatic amines is 1. The van der Waals surface area contributed by atoms with E-state index in [1.54, 1.807) is 12.1 Å². The van der Waals surface area contributed by atoms with Gasteiger partial charge in [-0.1, -0.05) is 81.3 Å². The second-order valence-corrected chi connectivity index (χ2v) is 15.5. The van der Waals surface area contributed by atoms with Gasteiger partial charge in [0.1, 0.15) is 24.0 Å². The van der Waals surface area contributed by atoms with E-state index < -0.39 is 11.7 Å². The van der Waals surface area contributed by atoms with Crippen LogP contribution < -0.4 is 10.9 Å². The molecular weight excluding hydrogens is 614 g/mol. The molecule has 0 spiro atoms. The molecule has 3 aromatic rings. The lowest BCUT2D eigenvalue weighted by Crippen LogP contribution is -2.64. The van der Waals surface area contributed by atoms with Gasteiger partial charge in [-0.3, -0.25) is 4.79 Å². The molecule has 3 saturated heterocycles. The first-order valence-corrected chi connectivity index (χ1v) is 19.4. The highest BCUT2D eigenvalue weighted by Crippen LogP contribution is 2.43. The number of ether oxygens (including phenoxy) is 1. The van der Waals surface area contributed by atoms with Crippen LogP contribution in [0.3, 0.4) is 0 Å². The lowest BCUT2D eigenvalue weighted by molar-refractivity contribution is -0.946. The van der Waals surface area contributed by atoms with Crippen molar-refractivity contribution in [2.75, 3.05) is 45.9 Å². The van der Waals surface area contributed by atoms with Gasteiger partial charge in [-0.05, 0) is 67.8 Å². The Bertz CT molecular complexity index is 1510. The zero-order valence-electron chi connectivity index (χ0n) is 29.5. The normalized spacial score (nSPS) is 24.4.